The molecule has 27 heavy (non-hydrogen) atoms. The number of benzene rings is 3. The molecule has 0 spiro atoms. The van der Waals surface area contributed by atoms with Crippen molar-refractivity contribution < 1.29 is 9.59 Å². The van der Waals surface area contributed by atoms with Crippen molar-refractivity contribution in [3.63, 3.8) is 0 Å². The molecule has 2 N–H and O–H groups in total. The maximum atomic E-state index is 12.4. The molecule has 0 aliphatic heterocycles. The van der Waals surface area contributed by atoms with E-state index in [0.717, 1.165) is 16.1 Å². The third-order valence-electron chi connectivity index (χ3n) is 3.80. The number of thioether (sulfide) groups is 1. The summed E-state index contributed by atoms with van der Waals surface area (Å²) in [7, 11) is 0. The highest BCUT2D eigenvalue weighted by atomic mass is 32.2. The number of hydrogen-bond donors (Lipinski definition) is 2. The van der Waals surface area contributed by atoms with Crippen molar-refractivity contribution in [2.45, 2.75) is 11.8 Å². The molecule has 0 unspecified atom stereocenters. The second-order valence-corrected chi connectivity index (χ2v) is 7.10. The van der Waals surface area contributed by atoms with Gasteiger partial charge in [0.15, 0.2) is 0 Å². The van der Waals surface area contributed by atoms with Crippen LogP contribution in [0.25, 0.3) is 0 Å². The first kappa shape index (κ1) is 18.7. The normalized spacial score (nSPS) is 10.3. The predicted octanol–water partition coefficient (Wildman–Crippen LogP) is 4.98. The Morgan fingerprint density at radius 2 is 1.56 bits per heavy atom. The van der Waals surface area contributed by atoms with Crippen molar-refractivity contribution >= 4 is 35.0 Å². The summed E-state index contributed by atoms with van der Waals surface area (Å²) in [6, 6.07) is 24.3. The van der Waals surface area contributed by atoms with Gasteiger partial charge in [-0.2, -0.15) is 0 Å². The van der Waals surface area contributed by atoms with E-state index in [-0.39, 0.29) is 11.8 Å². The lowest BCUT2D eigenvalue weighted by atomic mass is 10.1. The first-order valence-corrected chi connectivity index (χ1v) is 9.54. The highest BCUT2D eigenvalue weighted by molar-refractivity contribution is 8.00. The highest BCUT2D eigenvalue weighted by Crippen LogP contribution is 2.22. The SMILES string of the molecule is Cc1cccc(C(=O)Nc2cccc(SCC(=O)Nc3ccccc3)c2)c1. The number of carbonyl (C=O) groups excluding carboxylic acids is 2. The summed E-state index contributed by atoms with van der Waals surface area (Å²) in [5.41, 5.74) is 3.14. The zero-order valence-corrected chi connectivity index (χ0v) is 15.8. The molecule has 0 aliphatic rings. The second kappa shape index (κ2) is 9.05. The third kappa shape index (κ3) is 5.72. The van der Waals surface area contributed by atoms with E-state index in [1.807, 2.05) is 79.7 Å². The number of hydrogen-bond acceptors (Lipinski definition) is 3. The summed E-state index contributed by atoms with van der Waals surface area (Å²) in [5.74, 6) is 0.0764. The lowest BCUT2D eigenvalue weighted by Crippen LogP contribution is -2.14. The molecule has 3 rings (SSSR count). The van der Waals surface area contributed by atoms with Crippen LogP contribution in [0.15, 0.2) is 83.8 Å². The van der Waals surface area contributed by atoms with E-state index in [2.05, 4.69) is 10.6 Å². The van der Waals surface area contributed by atoms with E-state index in [0.29, 0.717) is 17.0 Å². The molecule has 0 aromatic heterocycles. The van der Waals surface area contributed by atoms with Gasteiger partial charge in [-0.05, 0) is 49.4 Å². The number of nitrogens with one attached hydrogen (secondary N) is 2. The molecule has 3 aromatic rings. The van der Waals surface area contributed by atoms with Crippen molar-refractivity contribution in [2.24, 2.45) is 0 Å². The predicted molar refractivity (Wildman–Crippen MR) is 111 cm³/mol. The Balaban J connectivity index is 1.57. The Kier molecular flexibility index (Phi) is 6.28. The molecule has 4 nitrogen and oxygen atoms in total. The Labute approximate surface area is 163 Å². The van der Waals surface area contributed by atoms with Gasteiger partial charge in [0.1, 0.15) is 0 Å². The van der Waals surface area contributed by atoms with Gasteiger partial charge in [0.2, 0.25) is 5.91 Å². The molecule has 0 heterocycles. The fraction of sp³-hybridized carbons (Fsp3) is 0.0909. The summed E-state index contributed by atoms with van der Waals surface area (Å²) in [6.07, 6.45) is 0. The van der Waals surface area contributed by atoms with Crippen LogP contribution in [0.2, 0.25) is 0 Å². The Hall–Kier alpha value is -3.05. The van der Waals surface area contributed by atoms with Gasteiger partial charge in [-0.1, -0.05) is 42.0 Å². The van der Waals surface area contributed by atoms with Crippen molar-refractivity contribution in [3.8, 4) is 0 Å². The monoisotopic (exact) mass is 376 g/mol. The molecule has 0 saturated carbocycles. The van der Waals surface area contributed by atoms with Gasteiger partial charge in [-0.15, -0.1) is 11.8 Å². The molecular formula is C22H20N2O2S. The van der Waals surface area contributed by atoms with Crippen molar-refractivity contribution in [1.29, 1.82) is 0 Å². The average Bonchev–Trinajstić information content (AvgIpc) is 2.67. The van der Waals surface area contributed by atoms with E-state index in [1.165, 1.54) is 11.8 Å². The Morgan fingerprint density at radius 1 is 0.815 bits per heavy atom. The summed E-state index contributed by atoms with van der Waals surface area (Å²) in [6.45, 7) is 1.95. The van der Waals surface area contributed by atoms with Crippen molar-refractivity contribution in [1.82, 2.24) is 0 Å². The summed E-state index contributed by atoms with van der Waals surface area (Å²) < 4.78 is 0. The zero-order valence-electron chi connectivity index (χ0n) is 14.9. The van der Waals surface area contributed by atoms with E-state index in [4.69, 9.17) is 0 Å². The van der Waals surface area contributed by atoms with Gasteiger partial charge in [0.05, 0.1) is 5.75 Å². The molecule has 0 radical (unpaired) electrons. The largest absolute Gasteiger partial charge is 0.325 e. The van der Waals surface area contributed by atoms with Crippen LogP contribution in [0, 0.1) is 6.92 Å². The number of carbonyl (C=O) groups is 2. The van der Waals surface area contributed by atoms with Crippen LogP contribution in [0.5, 0.6) is 0 Å². The number of aryl methyl sites for hydroxylation is 1. The molecule has 136 valence electrons. The Bertz CT molecular complexity index is 942. The van der Waals surface area contributed by atoms with Crippen LogP contribution in [0.4, 0.5) is 11.4 Å². The molecule has 5 heteroatoms. The van der Waals surface area contributed by atoms with Crippen molar-refractivity contribution in [3.05, 3.63) is 90.0 Å². The number of amides is 2. The van der Waals surface area contributed by atoms with Crippen LogP contribution >= 0.6 is 11.8 Å². The van der Waals surface area contributed by atoms with Gasteiger partial charge in [0.25, 0.3) is 5.91 Å². The first-order chi connectivity index (χ1) is 13.1. The van der Waals surface area contributed by atoms with Crippen LogP contribution in [-0.2, 0) is 4.79 Å². The van der Waals surface area contributed by atoms with Crippen LogP contribution < -0.4 is 10.6 Å². The van der Waals surface area contributed by atoms with Gasteiger partial charge in [0, 0.05) is 21.8 Å². The van der Waals surface area contributed by atoms with E-state index < -0.39 is 0 Å². The minimum Gasteiger partial charge on any atom is -0.325 e. The quantitative estimate of drug-likeness (QED) is 0.597. The molecule has 0 fully saturated rings. The summed E-state index contributed by atoms with van der Waals surface area (Å²) >= 11 is 1.42. The summed E-state index contributed by atoms with van der Waals surface area (Å²) in [5, 5.41) is 5.76. The average molecular weight is 376 g/mol. The second-order valence-electron chi connectivity index (χ2n) is 6.05. The van der Waals surface area contributed by atoms with Crippen LogP contribution in [0.3, 0.4) is 0 Å². The maximum Gasteiger partial charge on any atom is 0.255 e. The minimum absolute atomic E-state index is 0.0691. The molecule has 0 aliphatic carbocycles. The minimum atomic E-state index is -0.150. The maximum absolute atomic E-state index is 12.4. The third-order valence-corrected chi connectivity index (χ3v) is 4.79. The molecule has 0 atom stereocenters. The Morgan fingerprint density at radius 3 is 2.33 bits per heavy atom. The van der Waals surface area contributed by atoms with E-state index >= 15 is 0 Å². The first-order valence-electron chi connectivity index (χ1n) is 8.56. The molecule has 3 aromatic carbocycles. The van der Waals surface area contributed by atoms with Gasteiger partial charge < -0.3 is 10.6 Å². The standard InChI is InChI=1S/C22H20N2O2S/c1-16-7-5-8-17(13-16)22(26)24-19-11-6-12-20(14-19)27-15-21(25)23-18-9-3-2-4-10-18/h2-14H,15H2,1H3,(H,23,25)(H,24,26). The molecule has 0 bridgehead atoms. The summed E-state index contributed by atoms with van der Waals surface area (Å²) in [4.78, 5) is 25.3. The fourth-order valence-corrected chi connectivity index (χ4v) is 3.28. The van der Waals surface area contributed by atoms with Gasteiger partial charge >= 0.3 is 0 Å². The topological polar surface area (TPSA) is 58.2 Å². The highest BCUT2D eigenvalue weighted by Gasteiger charge is 2.08. The van der Waals surface area contributed by atoms with Crippen LogP contribution in [-0.4, -0.2) is 17.6 Å². The zero-order chi connectivity index (χ0) is 19.1. The van der Waals surface area contributed by atoms with E-state index in [1.54, 1.807) is 6.07 Å². The smallest absolute Gasteiger partial charge is 0.255 e. The van der Waals surface area contributed by atoms with Gasteiger partial charge in [-0.3, -0.25) is 9.59 Å². The molecule has 0 saturated heterocycles. The van der Waals surface area contributed by atoms with Crippen molar-refractivity contribution in [2.75, 3.05) is 16.4 Å². The molecule has 2 amide bonds. The number of anilines is 2. The van der Waals surface area contributed by atoms with Gasteiger partial charge in [-0.25, -0.2) is 0 Å². The lowest BCUT2D eigenvalue weighted by Gasteiger charge is -2.08. The lowest BCUT2D eigenvalue weighted by molar-refractivity contribution is -0.113. The number of rotatable bonds is 6. The molecular weight excluding hydrogens is 356 g/mol. The van der Waals surface area contributed by atoms with E-state index in [9.17, 15) is 9.59 Å². The fourth-order valence-electron chi connectivity index (χ4n) is 2.52. The number of para-hydroxylation sites is 1. The van der Waals surface area contributed by atoms with Crippen LogP contribution in [0.1, 0.15) is 15.9 Å².